The predicted octanol–water partition coefficient (Wildman–Crippen LogP) is 3.25. The van der Waals surface area contributed by atoms with E-state index in [0.29, 0.717) is 68.1 Å². The van der Waals surface area contributed by atoms with E-state index in [1.807, 2.05) is 12.1 Å². The van der Waals surface area contributed by atoms with Crippen LogP contribution in [0.15, 0.2) is 35.2 Å². The first-order valence-corrected chi connectivity index (χ1v) is 12.8. The van der Waals surface area contributed by atoms with Gasteiger partial charge in [-0.25, -0.2) is 9.18 Å². The van der Waals surface area contributed by atoms with Gasteiger partial charge in [0.15, 0.2) is 0 Å². The Kier molecular flexibility index (Phi) is 5.64. The Labute approximate surface area is 206 Å². The van der Waals surface area contributed by atoms with Crippen molar-refractivity contribution in [2.45, 2.75) is 36.2 Å². The number of amides is 3. The van der Waals surface area contributed by atoms with Gasteiger partial charge in [0.1, 0.15) is 11.9 Å². The molecule has 4 heterocycles. The van der Waals surface area contributed by atoms with Gasteiger partial charge in [-0.1, -0.05) is 6.07 Å². The second-order valence-corrected chi connectivity index (χ2v) is 10.3. The fourth-order valence-corrected chi connectivity index (χ4v) is 6.18. The van der Waals surface area contributed by atoms with E-state index in [0.717, 1.165) is 16.1 Å². The lowest BCUT2D eigenvalue weighted by atomic mass is 9.93. The molecule has 10 heteroatoms. The van der Waals surface area contributed by atoms with Crippen molar-refractivity contribution in [1.82, 2.24) is 5.32 Å². The van der Waals surface area contributed by atoms with Gasteiger partial charge in [0, 0.05) is 41.6 Å². The summed E-state index contributed by atoms with van der Waals surface area (Å²) in [6, 6.07) is 8.88. The van der Waals surface area contributed by atoms with E-state index in [4.69, 9.17) is 4.74 Å². The van der Waals surface area contributed by atoms with Crippen molar-refractivity contribution in [3.8, 4) is 0 Å². The summed E-state index contributed by atoms with van der Waals surface area (Å²) in [6.45, 7) is 2.01. The van der Waals surface area contributed by atoms with Crippen LogP contribution in [-0.4, -0.2) is 55.9 Å². The molecule has 4 aliphatic rings. The van der Waals surface area contributed by atoms with E-state index in [1.54, 1.807) is 21.9 Å². The van der Waals surface area contributed by atoms with E-state index in [1.165, 1.54) is 17.8 Å². The van der Waals surface area contributed by atoms with Crippen molar-refractivity contribution in [2.24, 2.45) is 0 Å². The first kappa shape index (κ1) is 22.4. The molecule has 35 heavy (non-hydrogen) atoms. The van der Waals surface area contributed by atoms with Gasteiger partial charge >= 0.3 is 6.09 Å². The first-order chi connectivity index (χ1) is 17.0. The van der Waals surface area contributed by atoms with Crippen molar-refractivity contribution < 1.29 is 23.5 Å². The molecule has 0 spiro atoms. The van der Waals surface area contributed by atoms with Crippen molar-refractivity contribution in [3.63, 3.8) is 0 Å². The van der Waals surface area contributed by atoms with E-state index in [9.17, 15) is 18.8 Å². The minimum absolute atomic E-state index is 0.0503. The van der Waals surface area contributed by atoms with E-state index in [-0.39, 0.29) is 29.7 Å². The second kappa shape index (κ2) is 8.83. The van der Waals surface area contributed by atoms with Crippen molar-refractivity contribution >= 4 is 46.7 Å². The number of cyclic esters (lactones) is 1. The molecule has 0 radical (unpaired) electrons. The summed E-state index contributed by atoms with van der Waals surface area (Å²) in [5, 5.41) is 6.18. The van der Waals surface area contributed by atoms with Crippen LogP contribution in [0.5, 0.6) is 0 Å². The average Bonchev–Trinajstić information content (AvgIpc) is 3.42. The van der Waals surface area contributed by atoms with Crippen LogP contribution in [0.2, 0.25) is 0 Å². The lowest BCUT2D eigenvalue weighted by molar-refractivity contribution is -0.118. The molecule has 2 aromatic carbocycles. The third kappa shape index (κ3) is 4.04. The Hall–Kier alpha value is -3.11. The zero-order valence-electron chi connectivity index (χ0n) is 19.0. The highest BCUT2D eigenvalue weighted by Gasteiger charge is 2.38. The number of carbonyl (C=O) groups is 3. The van der Waals surface area contributed by atoms with Gasteiger partial charge in [0.25, 0.3) is 0 Å². The largest absolute Gasteiger partial charge is 0.443 e. The second-order valence-electron chi connectivity index (χ2n) is 9.30. The van der Waals surface area contributed by atoms with Gasteiger partial charge in [-0.3, -0.25) is 14.5 Å². The maximum Gasteiger partial charge on any atom is 0.414 e. The number of aryl methyl sites for hydroxylation is 1. The van der Waals surface area contributed by atoms with Gasteiger partial charge < -0.3 is 20.3 Å². The number of hydrogen-bond acceptors (Lipinski definition) is 6. The Morgan fingerprint density at radius 2 is 2.00 bits per heavy atom. The molecule has 1 saturated heterocycles. The van der Waals surface area contributed by atoms with Crippen molar-refractivity contribution in [3.05, 3.63) is 47.3 Å². The van der Waals surface area contributed by atoms with Crippen LogP contribution in [0.4, 0.5) is 26.2 Å². The highest BCUT2D eigenvalue weighted by Crippen LogP contribution is 2.44. The maximum atomic E-state index is 14.7. The predicted molar refractivity (Wildman–Crippen MR) is 131 cm³/mol. The minimum atomic E-state index is -0.418. The number of halogens is 1. The van der Waals surface area contributed by atoms with E-state index < -0.39 is 6.09 Å². The molecule has 1 fully saturated rings. The fourth-order valence-electron chi connectivity index (χ4n) is 5.40. The molecular formula is C25H25FN4O4S. The zero-order valence-corrected chi connectivity index (χ0v) is 19.8. The van der Waals surface area contributed by atoms with E-state index >= 15 is 0 Å². The molecule has 2 N–H and O–H groups in total. The number of rotatable bonds is 6. The highest BCUT2D eigenvalue weighted by atomic mass is 32.2. The van der Waals surface area contributed by atoms with Crippen molar-refractivity contribution in [1.29, 1.82) is 0 Å². The number of fused-ring (bicyclic) bond motifs is 1. The van der Waals surface area contributed by atoms with Gasteiger partial charge in [0.05, 0.1) is 23.7 Å². The lowest BCUT2D eigenvalue weighted by Gasteiger charge is -2.25. The molecule has 6 rings (SSSR count). The summed E-state index contributed by atoms with van der Waals surface area (Å²) in [5.74, 6) is 0.107. The Morgan fingerprint density at radius 1 is 1.11 bits per heavy atom. The lowest BCUT2D eigenvalue weighted by Crippen LogP contribution is -2.34. The van der Waals surface area contributed by atoms with Gasteiger partial charge in [-0.15, -0.1) is 11.8 Å². The van der Waals surface area contributed by atoms with Gasteiger partial charge in [-0.2, -0.15) is 0 Å². The molecule has 182 valence electrons. The van der Waals surface area contributed by atoms with E-state index in [2.05, 4.69) is 10.6 Å². The molecule has 3 amide bonds. The number of nitrogens with zero attached hydrogens (tertiary/aromatic N) is 2. The Balaban J connectivity index is 1.05. The molecule has 8 nitrogen and oxygen atoms in total. The summed E-state index contributed by atoms with van der Waals surface area (Å²) in [5.41, 5.74) is 3.89. The monoisotopic (exact) mass is 496 g/mol. The van der Waals surface area contributed by atoms with Crippen LogP contribution < -0.4 is 20.4 Å². The quantitative estimate of drug-likeness (QED) is 0.597. The molecular weight excluding hydrogens is 471 g/mol. The molecule has 2 aromatic rings. The molecule has 0 aliphatic carbocycles. The number of benzene rings is 2. The number of hydrogen-bond donors (Lipinski definition) is 2. The number of nitrogens with one attached hydrogen (secondary N) is 2. The first-order valence-electron chi connectivity index (χ1n) is 11.8. The average molecular weight is 497 g/mol. The topological polar surface area (TPSA) is 91.0 Å². The zero-order chi connectivity index (χ0) is 24.1. The van der Waals surface area contributed by atoms with Crippen LogP contribution in [0.1, 0.15) is 29.9 Å². The number of ether oxygens (including phenoxy) is 1. The van der Waals surface area contributed by atoms with Crippen LogP contribution in [0.25, 0.3) is 0 Å². The summed E-state index contributed by atoms with van der Waals surface area (Å²) in [4.78, 5) is 40.8. The van der Waals surface area contributed by atoms with Gasteiger partial charge in [0.2, 0.25) is 11.8 Å². The smallest absolute Gasteiger partial charge is 0.414 e. The minimum Gasteiger partial charge on any atom is -0.443 e. The normalized spacial score (nSPS) is 22.7. The van der Waals surface area contributed by atoms with Crippen LogP contribution in [-0.2, 0) is 20.7 Å². The number of anilines is 3. The van der Waals surface area contributed by atoms with Crippen LogP contribution in [0, 0.1) is 5.82 Å². The summed E-state index contributed by atoms with van der Waals surface area (Å²) in [7, 11) is 0. The van der Waals surface area contributed by atoms with Crippen molar-refractivity contribution in [2.75, 3.05) is 47.0 Å². The van der Waals surface area contributed by atoms with Gasteiger partial charge in [-0.05, 0) is 49.2 Å². The third-order valence-corrected chi connectivity index (χ3v) is 8.13. The number of carbonyl (C=O) groups excluding carboxylic acids is 3. The molecule has 4 aliphatic heterocycles. The Morgan fingerprint density at radius 3 is 2.89 bits per heavy atom. The summed E-state index contributed by atoms with van der Waals surface area (Å²) in [6.07, 6.45) is 1.09. The standard InChI is InChI=1S/C25H25FN4O4S/c26-18-4-1-14-2-6-22(32)30-11-15(23(18)24(14)30)7-8-27-10-17-12-29(25(33)34-17)16-3-5-20-19(9-16)28-21(31)13-35-20/h1,3-5,9,15,17,27H,2,6-8,10-13H2,(H,28,31)/t15-,17-/m0/s1. The molecule has 0 saturated carbocycles. The number of thioether (sulfide) groups is 1. The molecule has 0 bridgehead atoms. The molecule has 2 atom stereocenters. The molecule has 0 aromatic heterocycles. The highest BCUT2D eigenvalue weighted by molar-refractivity contribution is 8.00. The van der Waals surface area contributed by atoms with Crippen LogP contribution >= 0.6 is 11.8 Å². The fraction of sp³-hybridized carbons (Fsp3) is 0.400. The summed E-state index contributed by atoms with van der Waals surface area (Å²) < 4.78 is 20.2. The third-order valence-electron chi connectivity index (χ3n) is 7.06. The molecule has 0 unspecified atom stereocenters. The van der Waals surface area contributed by atoms with Crippen LogP contribution in [0.3, 0.4) is 0 Å². The maximum absolute atomic E-state index is 14.7. The SMILES string of the molecule is O=C1CSc2ccc(N3C[C@H](CNCC[C@H]4CN5C(=O)CCc6ccc(F)c4c65)OC3=O)cc2N1. The Bertz CT molecular complexity index is 1240. The summed E-state index contributed by atoms with van der Waals surface area (Å²) >= 11 is 1.47.